The molecule has 1 fully saturated rings. The van der Waals surface area contributed by atoms with Crippen LogP contribution in [0.2, 0.25) is 0 Å². The van der Waals surface area contributed by atoms with Crippen LogP contribution in [0.15, 0.2) is 53.7 Å². The molecule has 10 heteroatoms. The number of H-pyrrole nitrogens is 1. The number of carbonyl (C=O) groups excluding carboxylic acids is 1. The van der Waals surface area contributed by atoms with E-state index >= 15 is 0 Å². The lowest BCUT2D eigenvalue weighted by atomic mass is 10.1. The summed E-state index contributed by atoms with van der Waals surface area (Å²) in [7, 11) is 3.28. The van der Waals surface area contributed by atoms with Gasteiger partial charge in [-0.2, -0.15) is 0 Å². The number of thioether (sulfide) groups is 1. The highest BCUT2D eigenvalue weighted by molar-refractivity contribution is 7.99. The van der Waals surface area contributed by atoms with Gasteiger partial charge in [0, 0.05) is 36.9 Å². The topological polar surface area (TPSA) is 102 Å². The smallest absolute Gasteiger partial charge is 0.221 e. The van der Waals surface area contributed by atoms with E-state index in [1.54, 1.807) is 14.2 Å². The van der Waals surface area contributed by atoms with E-state index in [0.717, 1.165) is 61.9 Å². The summed E-state index contributed by atoms with van der Waals surface area (Å²) >= 11 is 1.47. The van der Waals surface area contributed by atoms with Gasteiger partial charge in [-0.3, -0.25) is 14.8 Å². The highest BCUT2D eigenvalue weighted by Gasteiger charge is 2.21. The van der Waals surface area contributed by atoms with Crippen molar-refractivity contribution in [2.24, 2.45) is 0 Å². The van der Waals surface area contributed by atoms with Crippen molar-refractivity contribution in [3.05, 3.63) is 54.1 Å². The molecule has 0 aliphatic carbocycles. The highest BCUT2D eigenvalue weighted by Crippen LogP contribution is 2.37. The van der Waals surface area contributed by atoms with Gasteiger partial charge in [0.1, 0.15) is 11.5 Å². The molecular formula is C26H33N5O4S. The lowest BCUT2D eigenvalue weighted by Crippen LogP contribution is -2.38. The number of aromatic nitrogens is 3. The molecular weight excluding hydrogens is 478 g/mol. The molecule has 1 aromatic heterocycles. The third kappa shape index (κ3) is 7.46. The molecule has 1 aliphatic rings. The first kappa shape index (κ1) is 26.0. The Hall–Kier alpha value is -3.08. The zero-order valence-electron chi connectivity index (χ0n) is 20.7. The third-order valence-electron chi connectivity index (χ3n) is 6.01. The van der Waals surface area contributed by atoms with Crippen molar-refractivity contribution in [3.8, 4) is 22.9 Å². The van der Waals surface area contributed by atoms with Crippen molar-refractivity contribution in [1.29, 1.82) is 0 Å². The van der Waals surface area contributed by atoms with Gasteiger partial charge in [-0.15, -0.1) is 5.10 Å². The Kier molecular flexibility index (Phi) is 9.60. The van der Waals surface area contributed by atoms with Gasteiger partial charge in [-0.1, -0.05) is 23.9 Å². The summed E-state index contributed by atoms with van der Waals surface area (Å²) in [4.78, 5) is 19.9. The molecule has 0 unspecified atom stereocenters. The van der Waals surface area contributed by atoms with Crippen LogP contribution in [0.5, 0.6) is 11.5 Å². The van der Waals surface area contributed by atoms with E-state index in [0.29, 0.717) is 23.9 Å². The molecule has 1 aliphatic heterocycles. The van der Waals surface area contributed by atoms with Crippen LogP contribution in [0.1, 0.15) is 23.7 Å². The second-order valence-corrected chi connectivity index (χ2v) is 9.61. The lowest BCUT2D eigenvalue weighted by Gasteiger charge is -2.26. The number of nitrogens with one attached hydrogen (secondary N) is 2. The monoisotopic (exact) mass is 511 g/mol. The van der Waals surface area contributed by atoms with Gasteiger partial charge in [-0.05, 0) is 54.9 Å². The average molecular weight is 512 g/mol. The van der Waals surface area contributed by atoms with Crippen molar-refractivity contribution in [2.45, 2.75) is 23.2 Å². The largest absolute Gasteiger partial charge is 0.497 e. The number of rotatable bonds is 12. The van der Waals surface area contributed by atoms with Gasteiger partial charge in [-0.25, -0.2) is 4.98 Å². The maximum absolute atomic E-state index is 12.8. The van der Waals surface area contributed by atoms with Crippen molar-refractivity contribution >= 4 is 17.7 Å². The molecule has 2 aromatic carbocycles. The second-order valence-electron chi connectivity index (χ2n) is 8.44. The molecule has 0 spiro atoms. The van der Waals surface area contributed by atoms with Gasteiger partial charge in [0.25, 0.3) is 0 Å². The molecule has 0 radical (unpaired) electrons. The summed E-state index contributed by atoms with van der Waals surface area (Å²) in [5.41, 5.74) is 1.93. The Morgan fingerprint density at radius 1 is 1.08 bits per heavy atom. The number of morpholine rings is 1. The summed E-state index contributed by atoms with van der Waals surface area (Å²) in [6.45, 7) is 5.10. The van der Waals surface area contributed by atoms with Gasteiger partial charge >= 0.3 is 0 Å². The van der Waals surface area contributed by atoms with Gasteiger partial charge in [0.2, 0.25) is 11.1 Å². The number of benzene rings is 2. The Balaban J connectivity index is 1.37. The summed E-state index contributed by atoms with van der Waals surface area (Å²) < 4.78 is 15.9. The molecule has 0 saturated carbocycles. The quantitative estimate of drug-likeness (QED) is 0.281. The molecule has 1 atom stereocenters. The number of nitrogens with zero attached hydrogens (tertiary/aromatic N) is 3. The molecule has 2 heterocycles. The standard InChI is InChI=1S/C26H33N5O4S/c1-33-21-8-4-19(5-9-21)23(18-24(32)27-12-3-13-31-14-16-35-17-15-31)36-26-28-25(29-30-26)20-6-10-22(34-2)11-7-20/h4-11,23H,3,12-18H2,1-2H3,(H,27,32)(H,28,29,30)/t23-/m1/s1. The fourth-order valence-corrected chi connectivity index (χ4v) is 4.97. The fraction of sp³-hybridized carbons (Fsp3) is 0.423. The number of carbonyl (C=O) groups is 1. The van der Waals surface area contributed by atoms with Gasteiger partial charge in [0.15, 0.2) is 5.82 Å². The van der Waals surface area contributed by atoms with Crippen molar-refractivity contribution in [2.75, 3.05) is 53.6 Å². The Bertz CT molecular complexity index is 1080. The number of methoxy groups -OCH3 is 2. The molecule has 1 amide bonds. The fourth-order valence-electron chi connectivity index (χ4n) is 3.95. The van der Waals surface area contributed by atoms with Crippen molar-refractivity contribution in [1.82, 2.24) is 25.4 Å². The van der Waals surface area contributed by atoms with Gasteiger partial charge < -0.3 is 19.5 Å². The Labute approximate surface area is 215 Å². The van der Waals surface area contributed by atoms with Crippen LogP contribution < -0.4 is 14.8 Å². The summed E-state index contributed by atoms with van der Waals surface area (Å²) in [6, 6.07) is 15.4. The van der Waals surface area contributed by atoms with E-state index in [1.165, 1.54) is 11.8 Å². The van der Waals surface area contributed by atoms with E-state index < -0.39 is 0 Å². The second kappa shape index (κ2) is 13.3. The molecule has 1 saturated heterocycles. The molecule has 2 N–H and O–H groups in total. The summed E-state index contributed by atoms with van der Waals surface area (Å²) in [5, 5.41) is 10.9. The van der Waals surface area contributed by atoms with Crippen LogP contribution in [0.4, 0.5) is 0 Å². The van der Waals surface area contributed by atoms with Crippen LogP contribution in [-0.2, 0) is 9.53 Å². The van der Waals surface area contributed by atoms with E-state index in [2.05, 4.69) is 25.4 Å². The first-order valence-corrected chi connectivity index (χ1v) is 13.0. The SMILES string of the molecule is COc1ccc(-c2nc(S[C@H](CC(=O)NCCCN3CCOCC3)c3ccc(OC)cc3)n[nH]2)cc1. The predicted octanol–water partition coefficient (Wildman–Crippen LogP) is 3.55. The molecule has 9 nitrogen and oxygen atoms in total. The first-order valence-electron chi connectivity index (χ1n) is 12.1. The zero-order chi connectivity index (χ0) is 25.2. The van der Waals surface area contributed by atoms with E-state index in [1.807, 2.05) is 48.5 Å². The maximum Gasteiger partial charge on any atom is 0.221 e. The number of aromatic amines is 1. The third-order valence-corrected chi connectivity index (χ3v) is 7.13. The summed E-state index contributed by atoms with van der Waals surface area (Å²) in [6.07, 6.45) is 1.24. The van der Waals surface area contributed by atoms with Crippen LogP contribution in [0.3, 0.4) is 0 Å². The predicted molar refractivity (Wildman–Crippen MR) is 139 cm³/mol. The minimum atomic E-state index is -0.144. The Morgan fingerprint density at radius 3 is 2.42 bits per heavy atom. The van der Waals surface area contributed by atoms with E-state index in [4.69, 9.17) is 14.2 Å². The van der Waals surface area contributed by atoms with Gasteiger partial charge in [0.05, 0.1) is 27.4 Å². The lowest BCUT2D eigenvalue weighted by molar-refractivity contribution is -0.121. The minimum Gasteiger partial charge on any atom is -0.497 e. The summed E-state index contributed by atoms with van der Waals surface area (Å²) in [5.74, 6) is 2.23. The zero-order valence-corrected chi connectivity index (χ0v) is 21.6. The van der Waals surface area contributed by atoms with Crippen LogP contribution >= 0.6 is 11.8 Å². The highest BCUT2D eigenvalue weighted by atomic mass is 32.2. The van der Waals surface area contributed by atoms with Crippen LogP contribution in [-0.4, -0.2) is 79.6 Å². The normalized spacial score (nSPS) is 14.8. The van der Waals surface area contributed by atoms with E-state index in [-0.39, 0.29) is 11.2 Å². The number of ether oxygens (including phenoxy) is 3. The molecule has 192 valence electrons. The average Bonchev–Trinajstić information content (AvgIpc) is 3.40. The van der Waals surface area contributed by atoms with Crippen LogP contribution in [0, 0.1) is 0 Å². The molecule has 0 bridgehead atoms. The van der Waals surface area contributed by atoms with Crippen molar-refractivity contribution in [3.63, 3.8) is 0 Å². The first-order chi connectivity index (χ1) is 17.6. The number of hydrogen-bond acceptors (Lipinski definition) is 8. The molecule has 36 heavy (non-hydrogen) atoms. The number of hydrogen-bond donors (Lipinski definition) is 2. The van der Waals surface area contributed by atoms with E-state index in [9.17, 15) is 4.79 Å². The van der Waals surface area contributed by atoms with Crippen LogP contribution in [0.25, 0.3) is 11.4 Å². The number of amides is 1. The molecule has 4 rings (SSSR count). The molecule has 3 aromatic rings. The minimum absolute atomic E-state index is 0.0104. The van der Waals surface area contributed by atoms with Crippen molar-refractivity contribution < 1.29 is 19.0 Å². The Morgan fingerprint density at radius 2 is 1.75 bits per heavy atom. The maximum atomic E-state index is 12.8.